The molecule has 0 unspecified atom stereocenters. The molecule has 0 fully saturated rings. The van der Waals surface area contributed by atoms with Crippen LogP contribution in [0.15, 0.2) is 24.3 Å². The number of aromatic nitrogens is 2. The van der Waals surface area contributed by atoms with Gasteiger partial charge in [0.05, 0.1) is 12.8 Å². The van der Waals surface area contributed by atoms with Gasteiger partial charge in [-0.1, -0.05) is 0 Å². The van der Waals surface area contributed by atoms with Crippen molar-refractivity contribution in [3.8, 4) is 22.9 Å². The third-order valence-corrected chi connectivity index (χ3v) is 2.55. The van der Waals surface area contributed by atoms with Gasteiger partial charge in [0.25, 0.3) is 0 Å². The first-order chi connectivity index (χ1) is 7.61. The maximum absolute atomic E-state index is 9.45. The molecule has 0 aliphatic heterocycles. The summed E-state index contributed by atoms with van der Waals surface area (Å²) in [7, 11) is 3.35. The van der Waals surface area contributed by atoms with Crippen molar-refractivity contribution in [3.63, 3.8) is 0 Å². The molecule has 0 radical (unpaired) electrons. The number of methoxy groups -OCH3 is 1. The molecule has 0 bridgehead atoms. The predicted molar refractivity (Wildman–Crippen MR) is 61.6 cm³/mol. The molecule has 0 aliphatic carbocycles. The molecule has 0 amide bonds. The quantitative estimate of drug-likeness (QED) is 0.839. The topological polar surface area (TPSA) is 47.3 Å². The van der Waals surface area contributed by atoms with Crippen LogP contribution in [0.2, 0.25) is 0 Å². The molecule has 0 saturated carbocycles. The third kappa shape index (κ3) is 1.74. The minimum atomic E-state index is 0.156. The van der Waals surface area contributed by atoms with Crippen molar-refractivity contribution < 1.29 is 9.84 Å². The van der Waals surface area contributed by atoms with Crippen molar-refractivity contribution in [2.45, 2.75) is 6.92 Å². The molecular weight excluding hydrogens is 204 g/mol. The Kier molecular flexibility index (Phi) is 2.56. The lowest BCUT2D eigenvalue weighted by Gasteiger charge is -2.05. The summed E-state index contributed by atoms with van der Waals surface area (Å²) in [6, 6.07) is 7.45. The van der Waals surface area contributed by atoms with E-state index in [-0.39, 0.29) is 5.88 Å². The van der Waals surface area contributed by atoms with E-state index < -0.39 is 0 Å². The van der Waals surface area contributed by atoms with Crippen LogP contribution in [0.3, 0.4) is 0 Å². The van der Waals surface area contributed by atoms with Gasteiger partial charge in [-0.2, -0.15) is 5.10 Å². The second-order valence-corrected chi connectivity index (χ2v) is 3.70. The number of aryl methyl sites for hydroxylation is 2. The van der Waals surface area contributed by atoms with Crippen molar-refractivity contribution in [2.75, 3.05) is 7.11 Å². The SMILES string of the molecule is COc1ccc(-c2cc(O)n(C)n2)cc1C. The van der Waals surface area contributed by atoms with E-state index in [9.17, 15) is 5.11 Å². The van der Waals surface area contributed by atoms with Gasteiger partial charge in [0.15, 0.2) is 0 Å². The van der Waals surface area contributed by atoms with E-state index in [4.69, 9.17) is 4.74 Å². The Bertz CT molecular complexity index is 498. The highest BCUT2D eigenvalue weighted by molar-refractivity contribution is 5.62. The summed E-state index contributed by atoms with van der Waals surface area (Å²) in [5.74, 6) is 1.01. The molecule has 1 aromatic heterocycles. The van der Waals surface area contributed by atoms with Gasteiger partial charge in [0, 0.05) is 18.7 Å². The summed E-state index contributed by atoms with van der Waals surface area (Å²) in [4.78, 5) is 0. The van der Waals surface area contributed by atoms with E-state index >= 15 is 0 Å². The minimum absolute atomic E-state index is 0.156. The second kappa shape index (κ2) is 3.89. The average Bonchev–Trinajstić information content (AvgIpc) is 2.59. The van der Waals surface area contributed by atoms with Crippen LogP contribution in [0, 0.1) is 6.92 Å². The minimum Gasteiger partial charge on any atom is -0.496 e. The van der Waals surface area contributed by atoms with Gasteiger partial charge in [-0.05, 0) is 30.7 Å². The van der Waals surface area contributed by atoms with E-state index in [1.807, 2.05) is 25.1 Å². The molecule has 4 nitrogen and oxygen atoms in total. The summed E-state index contributed by atoms with van der Waals surface area (Å²) in [5.41, 5.74) is 2.77. The van der Waals surface area contributed by atoms with Crippen molar-refractivity contribution in [3.05, 3.63) is 29.8 Å². The van der Waals surface area contributed by atoms with Crippen molar-refractivity contribution in [1.82, 2.24) is 9.78 Å². The van der Waals surface area contributed by atoms with Crippen molar-refractivity contribution >= 4 is 0 Å². The van der Waals surface area contributed by atoms with Crippen LogP contribution in [-0.4, -0.2) is 22.0 Å². The molecule has 0 spiro atoms. The first-order valence-corrected chi connectivity index (χ1v) is 5.00. The molecule has 1 aromatic carbocycles. The molecule has 0 saturated heterocycles. The van der Waals surface area contributed by atoms with Gasteiger partial charge in [-0.15, -0.1) is 0 Å². The maximum atomic E-state index is 9.45. The van der Waals surface area contributed by atoms with Crippen molar-refractivity contribution in [1.29, 1.82) is 0 Å². The largest absolute Gasteiger partial charge is 0.496 e. The standard InChI is InChI=1S/C12H14N2O2/c1-8-6-9(4-5-11(8)16-3)10-7-12(15)14(2)13-10/h4-7,15H,1-3H3. The van der Waals surface area contributed by atoms with Crippen LogP contribution in [0.4, 0.5) is 0 Å². The smallest absolute Gasteiger partial charge is 0.209 e. The summed E-state index contributed by atoms with van der Waals surface area (Å²) in [6.07, 6.45) is 0. The highest BCUT2D eigenvalue weighted by atomic mass is 16.5. The zero-order chi connectivity index (χ0) is 11.7. The summed E-state index contributed by atoms with van der Waals surface area (Å²) in [6.45, 7) is 1.98. The molecule has 0 atom stereocenters. The highest BCUT2D eigenvalue weighted by Crippen LogP contribution is 2.26. The summed E-state index contributed by atoms with van der Waals surface area (Å²) < 4.78 is 6.63. The number of aromatic hydroxyl groups is 1. The van der Waals surface area contributed by atoms with E-state index in [0.29, 0.717) is 0 Å². The first kappa shape index (κ1) is 10.5. The normalized spacial score (nSPS) is 10.4. The number of benzene rings is 1. The Morgan fingerprint density at radius 2 is 2.06 bits per heavy atom. The average molecular weight is 218 g/mol. The Morgan fingerprint density at radius 1 is 1.31 bits per heavy atom. The van der Waals surface area contributed by atoms with Gasteiger partial charge in [-0.3, -0.25) is 0 Å². The van der Waals surface area contributed by atoms with E-state index in [1.54, 1.807) is 20.2 Å². The van der Waals surface area contributed by atoms with Crippen LogP contribution in [0.5, 0.6) is 11.6 Å². The number of hydrogen-bond donors (Lipinski definition) is 1. The molecule has 1 heterocycles. The predicted octanol–water partition coefficient (Wildman–Crippen LogP) is 2.11. The zero-order valence-electron chi connectivity index (χ0n) is 9.56. The molecule has 84 valence electrons. The fourth-order valence-corrected chi connectivity index (χ4v) is 1.64. The Labute approximate surface area is 94.1 Å². The van der Waals surface area contributed by atoms with Gasteiger partial charge in [0.1, 0.15) is 5.75 Å². The third-order valence-electron chi connectivity index (χ3n) is 2.55. The van der Waals surface area contributed by atoms with Gasteiger partial charge in [-0.25, -0.2) is 4.68 Å². The molecule has 0 aliphatic rings. The first-order valence-electron chi connectivity index (χ1n) is 5.00. The van der Waals surface area contributed by atoms with Crippen LogP contribution in [-0.2, 0) is 7.05 Å². The Hall–Kier alpha value is -1.97. The molecule has 2 rings (SSSR count). The van der Waals surface area contributed by atoms with E-state index in [0.717, 1.165) is 22.6 Å². The summed E-state index contributed by atoms with van der Waals surface area (Å²) >= 11 is 0. The lowest BCUT2D eigenvalue weighted by atomic mass is 10.1. The monoisotopic (exact) mass is 218 g/mol. The fraction of sp³-hybridized carbons (Fsp3) is 0.250. The van der Waals surface area contributed by atoms with Crippen LogP contribution in [0.25, 0.3) is 11.3 Å². The summed E-state index contributed by atoms with van der Waals surface area (Å²) in [5, 5.41) is 13.7. The van der Waals surface area contributed by atoms with Crippen LogP contribution in [0.1, 0.15) is 5.56 Å². The van der Waals surface area contributed by atoms with Crippen molar-refractivity contribution in [2.24, 2.45) is 7.05 Å². The lowest BCUT2D eigenvalue weighted by Crippen LogP contribution is -1.90. The highest BCUT2D eigenvalue weighted by Gasteiger charge is 2.07. The molecule has 1 N–H and O–H groups in total. The number of rotatable bonds is 2. The van der Waals surface area contributed by atoms with Gasteiger partial charge < -0.3 is 9.84 Å². The molecule has 2 aromatic rings. The second-order valence-electron chi connectivity index (χ2n) is 3.70. The van der Waals surface area contributed by atoms with Gasteiger partial charge in [0.2, 0.25) is 5.88 Å². The Balaban J connectivity index is 2.45. The maximum Gasteiger partial charge on any atom is 0.209 e. The molecule has 16 heavy (non-hydrogen) atoms. The van der Waals surface area contributed by atoms with Crippen LogP contribution >= 0.6 is 0 Å². The molecule has 4 heteroatoms. The van der Waals surface area contributed by atoms with Gasteiger partial charge >= 0.3 is 0 Å². The fourth-order valence-electron chi connectivity index (χ4n) is 1.64. The number of hydrogen-bond acceptors (Lipinski definition) is 3. The zero-order valence-corrected chi connectivity index (χ0v) is 9.56. The van der Waals surface area contributed by atoms with E-state index in [2.05, 4.69) is 5.10 Å². The number of ether oxygens (including phenoxy) is 1. The Morgan fingerprint density at radius 3 is 2.56 bits per heavy atom. The van der Waals surface area contributed by atoms with E-state index in [1.165, 1.54) is 4.68 Å². The lowest BCUT2D eigenvalue weighted by molar-refractivity contribution is 0.412. The molecular formula is C12H14N2O2. The number of nitrogens with zero attached hydrogens (tertiary/aromatic N) is 2. The van der Waals surface area contributed by atoms with Crippen LogP contribution < -0.4 is 4.74 Å².